The molecule has 3 aromatic rings. The third kappa shape index (κ3) is 3.91. The predicted molar refractivity (Wildman–Crippen MR) is 99.3 cm³/mol. The predicted octanol–water partition coefficient (Wildman–Crippen LogP) is 4.25. The summed E-state index contributed by atoms with van der Waals surface area (Å²) < 4.78 is 0. The van der Waals surface area contributed by atoms with E-state index in [2.05, 4.69) is 15.3 Å². The number of amides is 1. The second kappa shape index (κ2) is 7.26. The Kier molecular flexibility index (Phi) is 4.89. The Bertz CT molecular complexity index is 873. The maximum atomic E-state index is 12.6. The molecule has 126 valence electrons. The van der Waals surface area contributed by atoms with Gasteiger partial charge in [-0.05, 0) is 26.3 Å². The normalized spacial score (nSPS) is 11.8. The fourth-order valence-corrected chi connectivity index (χ4v) is 2.63. The summed E-state index contributed by atoms with van der Waals surface area (Å²) in [6.45, 7) is 5.84. The molecule has 0 aliphatic rings. The van der Waals surface area contributed by atoms with E-state index in [0.29, 0.717) is 17.1 Å². The Hall–Kier alpha value is -3.01. The fraction of sp³-hybridized carbons (Fsp3) is 0.190. The molecule has 25 heavy (non-hydrogen) atoms. The summed E-state index contributed by atoms with van der Waals surface area (Å²) in [6.07, 6.45) is 1.60. The lowest BCUT2D eigenvalue weighted by atomic mass is 10.1. The molecule has 4 nitrogen and oxygen atoms in total. The molecular weight excluding hydrogens is 310 g/mol. The smallest absolute Gasteiger partial charge is 0.255 e. The number of nitrogens with zero attached hydrogens (tertiary/aromatic N) is 2. The van der Waals surface area contributed by atoms with Crippen molar-refractivity contribution in [2.45, 2.75) is 26.8 Å². The van der Waals surface area contributed by atoms with Gasteiger partial charge in [0.2, 0.25) is 0 Å². The Morgan fingerprint density at radius 3 is 2.32 bits per heavy atom. The highest BCUT2D eigenvalue weighted by molar-refractivity contribution is 5.95. The molecule has 0 aliphatic heterocycles. The average molecular weight is 331 g/mol. The van der Waals surface area contributed by atoms with Crippen LogP contribution in [0.2, 0.25) is 0 Å². The van der Waals surface area contributed by atoms with Gasteiger partial charge in [-0.1, -0.05) is 60.2 Å². The third-order valence-corrected chi connectivity index (χ3v) is 4.18. The number of carbonyl (C=O) groups excluding carboxylic acids is 1. The Labute approximate surface area is 148 Å². The first kappa shape index (κ1) is 16.8. The molecule has 0 fully saturated rings. The van der Waals surface area contributed by atoms with Crippen LogP contribution in [0.4, 0.5) is 0 Å². The van der Waals surface area contributed by atoms with E-state index in [1.807, 2.05) is 75.4 Å². The quantitative estimate of drug-likeness (QED) is 0.777. The van der Waals surface area contributed by atoms with Crippen molar-refractivity contribution < 1.29 is 4.79 Å². The van der Waals surface area contributed by atoms with Crippen LogP contribution >= 0.6 is 0 Å². The number of benzene rings is 2. The molecule has 1 aromatic heterocycles. The van der Waals surface area contributed by atoms with Gasteiger partial charge >= 0.3 is 0 Å². The van der Waals surface area contributed by atoms with Gasteiger partial charge in [-0.2, -0.15) is 0 Å². The number of aromatic nitrogens is 2. The zero-order chi connectivity index (χ0) is 17.8. The third-order valence-electron chi connectivity index (χ3n) is 4.18. The van der Waals surface area contributed by atoms with E-state index in [-0.39, 0.29) is 11.9 Å². The first-order valence-electron chi connectivity index (χ1n) is 8.31. The summed E-state index contributed by atoms with van der Waals surface area (Å²) in [5.74, 6) is 0.467. The van der Waals surface area contributed by atoms with Gasteiger partial charge in [0.1, 0.15) is 0 Å². The lowest BCUT2D eigenvalue weighted by molar-refractivity contribution is 0.0938. The van der Waals surface area contributed by atoms with Gasteiger partial charge in [-0.15, -0.1) is 0 Å². The van der Waals surface area contributed by atoms with E-state index in [1.165, 1.54) is 5.56 Å². The van der Waals surface area contributed by atoms with E-state index in [4.69, 9.17) is 0 Å². The van der Waals surface area contributed by atoms with Gasteiger partial charge in [0, 0.05) is 11.8 Å². The van der Waals surface area contributed by atoms with Gasteiger partial charge in [-0.3, -0.25) is 4.79 Å². The minimum Gasteiger partial charge on any atom is -0.345 e. The van der Waals surface area contributed by atoms with E-state index >= 15 is 0 Å². The van der Waals surface area contributed by atoms with E-state index in [9.17, 15) is 4.79 Å². The first-order valence-corrected chi connectivity index (χ1v) is 8.31. The summed E-state index contributed by atoms with van der Waals surface area (Å²) in [6, 6.07) is 17.8. The van der Waals surface area contributed by atoms with Gasteiger partial charge in [0.15, 0.2) is 5.82 Å². The monoisotopic (exact) mass is 331 g/mol. The largest absolute Gasteiger partial charge is 0.345 e. The number of rotatable bonds is 4. The van der Waals surface area contributed by atoms with Crippen LogP contribution in [-0.4, -0.2) is 15.9 Å². The highest BCUT2D eigenvalue weighted by Crippen LogP contribution is 2.18. The van der Waals surface area contributed by atoms with Crippen molar-refractivity contribution >= 4 is 5.91 Å². The van der Waals surface area contributed by atoms with Crippen LogP contribution in [0, 0.1) is 13.8 Å². The first-order chi connectivity index (χ1) is 12.0. The lowest BCUT2D eigenvalue weighted by Gasteiger charge is -2.15. The van der Waals surface area contributed by atoms with Crippen LogP contribution in [0.1, 0.15) is 40.1 Å². The summed E-state index contributed by atoms with van der Waals surface area (Å²) in [7, 11) is 0. The molecule has 0 radical (unpaired) electrons. The zero-order valence-electron chi connectivity index (χ0n) is 14.7. The summed E-state index contributed by atoms with van der Waals surface area (Å²) in [5, 5.41) is 3.00. The van der Waals surface area contributed by atoms with Crippen molar-refractivity contribution in [2.75, 3.05) is 0 Å². The number of nitrogens with one attached hydrogen (secondary N) is 1. The van der Waals surface area contributed by atoms with Crippen molar-refractivity contribution in [3.8, 4) is 11.4 Å². The van der Waals surface area contributed by atoms with Gasteiger partial charge in [0.05, 0.1) is 17.3 Å². The molecule has 0 bridgehead atoms. The fourth-order valence-electron chi connectivity index (χ4n) is 2.63. The molecule has 1 atom stereocenters. The van der Waals surface area contributed by atoms with Gasteiger partial charge in [-0.25, -0.2) is 9.97 Å². The van der Waals surface area contributed by atoms with Crippen LogP contribution in [0.15, 0.2) is 60.8 Å². The van der Waals surface area contributed by atoms with Crippen molar-refractivity contribution in [3.05, 3.63) is 83.2 Å². The molecule has 0 saturated carbocycles. The van der Waals surface area contributed by atoms with E-state index in [0.717, 1.165) is 11.1 Å². The van der Waals surface area contributed by atoms with Crippen molar-refractivity contribution in [3.63, 3.8) is 0 Å². The molecule has 1 amide bonds. The van der Waals surface area contributed by atoms with Gasteiger partial charge in [0.25, 0.3) is 5.91 Å². The Morgan fingerprint density at radius 1 is 1.00 bits per heavy atom. The van der Waals surface area contributed by atoms with Crippen molar-refractivity contribution in [1.82, 2.24) is 15.3 Å². The summed E-state index contributed by atoms with van der Waals surface area (Å²) >= 11 is 0. The van der Waals surface area contributed by atoms with E-state index in [1.54, 1.807) is 6.20 Å². The van der Waals surface area contributed by atoms with Crippen molar-refractivity contribution in [1.29, 1.82) is 0 Å². The Morgan fingerprint density at radius 2 is 1.68 bits per heavy atom. The highest BCUT2D eigenvalue weighted by atomic mass is 16.1. The second-order valence-electron chi connectivity index (χ2n) is 6.16. The maximum Gasteiger partial charge on any atom is 0.255 e. The summed E-state index contributed by atoms with van der Waals surface area (Å²) in [5.41, 5.74) is 4.36. The minimum atomic E-state index is -0.163. The van der Waals surface area contributed by atoms with Crippen LogP contribution < -0.4 is 5.32 Å². The van der Waals surface area contributed by atoms with Gasteiger partial charge < -0.3 is 5.32 Å². The SMILES string of the molecule is Cc1ccc(-c2ncc(C(=O)N[C@H](C)c3ccccc3)c(C)n2)cc1. The standard InChI is InChI=1S/C21H21N3O/c1-14-9-11-18(12-10-14)20-22-13-19(16(3)23-20)21(25)24-15(2)17-7-5-4-6-8-17/h4-13,15H,1-3H3,(H,24,25)/t15-/m1/s1. The Balaban J connectivity index is 1.78. The number of carbonyl (C=O) groups is 1. The zero-order valence-corrected chi connectivity index (χ0v) is 14.7. The van der Waals surface area contributed by atoms with E-state index < -0.39 is 0 Å². The molecule has 0 saturated heterocycles. The van der Waals surface area contributed by atoms with Crippen LogP contribution in [-0.2, 0) is 0 Å². The van der Waals surface area contributed by atoms with Crippen LogP contribution in [0.25, 0.3) is 11.4 Å². The molecule has 0 unspecified atom stereocenters. The van der Waals surface area contributed by atoms with Crippen molar-refractivity contribution in [2.24, 2.45) is 0 Å². The molecular formula is C21H21N3O. The topological polar surface area (TPSA) is 54.9 Å². The number of hydrogen-bond donors (Lipinski definition) is 1. The molecule has 1 heterocycles. The van der Waals surface area contributed by atoms with Crippen LogP contribution in [0.3, 0.4) is 0 Å². The molecule has 2 aromatic carbocycles. The number of aryl methyl sites for hydroxylation is 2. The summed E-state index contributed by atoms with van der Waals surface area (Å²) in [4.78, 5) is 21.4. The highest BCUT2D eigenvalue weighted by Gasteiger charge is 2.15. The molecule has 0 aliphatic carbocycles. The number of hydrogen-bond acceptors (Lipinski definition) is 3. The maximum absolute atomic E-state index is 12.6. The molecule has 1 N–H and O–H groups in total. The molecule has 0 spiro atoms. The second-order valence-corrected chi connectivity index (χ2v) is 6.16. The lowest BCUT2D eigenvalue weighted by Crippen LogP contribution is -2.27. The molecule has 3 rings (SSSR count). The van der Waals surface area contributed by atoms with Crippen LogP contribution in [0.5, 0.6) is 0 Å². The minimum absolute atomic E-state index is 0.0788. The molecule has 4 heteroatoms. The average Bonchev–Trinajstić information content (AvgIpc) is 2.62.